The van der Waals surface area contributed by atoms with Crippen molar-refractivity contribution in [2.75, 3.05) is 20.3 Å². The number of carbonyl (C=O) groups is 1. The summed E-state index contributed by atoms with van der Waals surface area (Å²) in [5, 5.41) is 80.8. The van der Waals surface area contributed by atoms with E-state index in [4.69, 9.17) is 14.2 Å². The molecule has 13 heteroatoms. The van der Waals surface area contributed by atoms with Gasteiger partial charge in [0.05, 0.1) is 20.3 Å². The van der Waals surface area contributed by atoms with Crippen LogP contribution in [0.1, 0.15) is 51.4 Å². The Hall–Kier alpha value is -0.970. The van der Waals surface area contributed by atoms with Crippen LogP contribution in [0.4, 0.5) is 0 Å². The summed E-state index contributed by atoms with van der Waals surface area (Å²) in [6.45, 7) is -1.40. The van der Waals surface area contributed by atoms with Crippen LogP contribution in [0.15, 0.2) is 0 Å². The van der Waals surface area contributed by atoms with Gasteiger partial charge in [0.15, 0.2) is 6.29 Å². The van der Waals surface area contributed by atoms with E-state index >= 15 is 0 Å². The third-order valence-electron chi connectivity index (χ3n) is 6.58. The lowest BCUT2D eigenvalue weighted by molar-refractivity contribution is -0.424. The summed E-state index contributed by atoms with van der Waals surface area (Å²) in [6, 6.07) is 0. The summed E-state index contributed by atoms with van der Waals surface area (Å²) in [6.07, 6.45) is -10.1. The van der Waals surface area contributed by atoms with Crippen LogP contribution in [0.2, 0.25) is 0 Å². The summed E-state index contributed by atoms with van der Waals surface area (Å²) < 4.78 is 21.4. The molecule has 10 atom stereocenters. The standard InChI is InChI=1S/C22H40O13/c1-32-14(25)8-6-4-2-3-5-7-9-22(20(31)18(29)16(27)13(11-24)34-22)35-21-19(30)17(28)15(26)12(10-23)33-21/h12-13,15-21,23-24,26-31H,2-11H2,1H3/t12-,13-,15-,16-,17+,18+,19-,20+,21+,22+/m1/s1. The number of aliphatic hydroxyl groups excluding tert-OH is 8. The third kappa shape index (κ3) is 7.52. The molecular weight excluding hydrogens is 472 g/mol. The second-order valence-corrected chi connectivity index (χ2v) is 9.09. The number of hydrogen-bond donors (Lipinski definition) is 8. The molecule has 0 aliphatic carbocycles. The average Bonchev–Trinajstić information content (AvgIpc) is 2.86. The Balaban J connectivity index is 2.06. The summed E-state index contributed by atoms with van der Waals surface area (Å²) in [7, 11) is 1.34. The molecule has 0 unspecified atom stereocenters. The lowest BCUT2D eigenvalue weighted by atomic mass is 9.88. The van der Waals surface area contributed by atoms with Gasteiger partial charge in [-0.05, 0) is 12.8 Å². The van der Waals surface area contributed by atoms with Gasteiger partial charge in [-0.15, -0.1) is 0 Å². The van der Waals surface area contributed by atoms with E-state index < -0.39 is 74.1 Å². The summed E-state index contributed by atoms with van der Waals surface area (Å²) in [5.74, 6) is -2.30. The molecule has 2 aliphatic heterocycles. The van der Waals surface area contributed by atoms with E-state index in [0.717, 1.165) is 19.3 Å². The van der Waals surface area contributed by atoms with Crippen LogP contribution in [0, 0.1) is 0 Å². The predicted octanol–water partition coefficient (Wildman–Crippen LogP) is -2.73. The number of esters is 1. The maximum absolute atomic E-state index is 11.2. The molecule has 2 saturated heterocycles. The van der Waals surface area contributed by atoms with Crippen LogP contribution < -0.4 is 0 Å². The fourth-order valence-corrected chi connectivity index (χ4v) is 4.38. The Labute approximate surface area is 203 Å². The van der Waals surface area contributed by atoms with Crippen molar-refractivity contribution in [2.24, 2.45) is 0 Å². The lowest BCUT2D eigenvalue weighted by Gasteiger charge is -2.51. The average molecular weight is 513 g/mol. The minimum absolute atomic E-state index is 0.0361. The molecule has 0 aromatic rings. The van der Waals surface area contributed by atoms with Gasteiger partial charge >= 0.3 is 5.97 Å². The Kier molecular flexibility index (Phi) is 12.2. The number of ether oxygens (including phenoxy) is 4. The maximum atomic E-state index is 11.2. The van der Waals surface area contributed by atoms with Crippen LogP contribution in [0.3, 0.4) is 0 Å². The Morgan fingerprint density at radius 2 is 1.34 bits per heavy atom. The highest BCUT2D eigenvalue weighted by Gasteiger charge is 2.57. The first-order chi connectivity index (χ1) is 16.6. The van der Waals surface area contributed by atoms with E-state index in [0.29, 0.717) is 25.7 Å². The first kappa shape index (κ1) is 30.3. The molecule has 13 nitrogen and oxygen atoms in total. The van der Waals surface area contributed by atoms with Crippen LogP contribution in [0.25, 0.3) is 0 Å². The number of hydrogen-bond acceptors (Lipinski definition) is 13. The molecule has 2 rings (SSSR count). The van der Waals surface area contributed by atoms with E-state index in [1.54, 1.807) is 0 Å². The van der Waals surface area contributed by atoms with Gasteiger partial charge in [-0.2, -0.15) is 0 Å². The molecule has 0 amide bonds. The van der Waals surface area contributed by atoms with Crippen molar-refractivity contribution in [3.05, 3.63) is 0 Å². The van der Waals surface area contributed by atoms with Crippen LogP contribution >= 0.6 is 0 Å². The summed E-state index contributed by atoms with van der Waals surface area (Å²) >= 11 is 0. The minimum Gasteiger partial charge on any atom is -0.469 e. The van der Waals surface area contributed by atoms with Gasteiger partial charge in [0, 0.05) is 12.8 Å². The molecule has 206 valence electrons. The highest BCUT2D eigenvalue weighted by molar-refractivity contribution is 5.68. The Morgan fingerprint density at radius 3 is 1.94 bits per heavy atom. The second kappa shape index (κ2) is 14.1. The smallest absolute Gasteiger partial charge is 0.305 e. The Bertz CT molecular complexity index is 632. The number of carbonyl (C=O) groups excluding carboxylic acids is 1. The zero-order chi connectivity index (χ0) is 26.2. The molecule has 2 heterocycles. The van der Waals surface area contributed by atoms with Crippen LogP contribution in [-0.2, 0) is 23.7 Å². The third-order valence-corrected chi connectivity index (χ3v) is 6.58. The first-order valence-corrected chi connectivity index (χ1v) is 12.0. The van der Waals surface area contributed by atoms with Crippen molar-refractivity contribution in [3.63, 3.8) is 0 Å². The molecule has 0 aromatic heterocycles. The van der Waals surface area contributed by atoms with Gasteiger partial charge in [-0.3, -0.25) is 4.79 Å². The number of rotatable bonds is 13. The minimum atomic E-state index is -2.04. The van der Waals surface area contributed by atoms with Crippen molar-refractivity contribution in [1.82, 2.24) is 0 Å². The molecule has 0 saturated carbocycles. The van der Waals surface area contributed by atoms with Gasteiger partial charge in [0.1, 0.15) is 48.8 Å². The molecular formula is C22H40O13. The monoisotopic (exact) mass is 512 g/mol. The van der Waals surface area contributed by atoms with Gasteiger partial charge in [-0.1, -0.05) is 25.7 Å². The molecule has 35 heavy (non-hydrogen) atoms. The fourth-order valence-electron chi connectivity index (χ4n) is 4.38. The zero-order valence-electron chi connectivity index (χ0n) is 19.9. The highest BCUT2D eigenvalue weighted by atomic mass is 16.8. The van der Waals surface area contributed by atoms with Crippen LogP contribution in [0.5, 0.6) is 0 Å². The molecule has 0 radical (unpaired) electrons. The van der Waals surface area contributed by atoms with E-state index in [9.17, 15) is 45.6 Å². The molecule has 2 fully saturated rings. The van der Waals surface area contributed by atoms with Crippen molar-refractivity contribution in [1.29, 1.82) is 0 Å². The van der Waals surface area contributed by atoms with Crippen molar-refractivity contribution < 1.29 is 64.6 Å². The second-order valence-electron chi connectivity index (χ2n) is 9.09. The fraction of sp³-hybridized carbons (Fsp3) is 0.955. The molecule has 0 aromatic carbocycles. The topological polar surface area (TPSA) is 216 Å². The molecule has 8 N–H and O–H groups in total. The van der Waals surface area contributed by atoms with Gasteiger partial charge in [-0.25, -0.2) is 0 Å². The molecule has 2 aliphatic rings. The predicted molar refractivity (Wildman–Crippen MR) is 117 cm³/mol. The highest BCUT2D eigenvalue weighted by Crippen LogP contribution is 2.38. The van der Waals surface area contributed by atoms with E-state index in [-0.39, 0.29) is 12.4 Å². The van der Waals surface area contributed by atoms with E-state index in [1.165, 1.54) is 7.11 Å². The SMILES string of the molecule is COC(=O)CCCCCCCC[C@@]1(O[C@@H]2O[C@H](CO)[C@@H](O)[C@H](O)[C@H]2O)O[C@H](CO)[C@@H](O)[C@H](O)[C@@H]1O. The zero-order valence-corrected chi connectivity index (χ0v) is 19.9. The normalized spacial score (nSPS) is 40.0. The van der Waals surface area contributed by atoms with E-state index in [2.05, 4.69) is 4.74 Å². The lowest BCUT2D eigenvalue weighted by Crippen LogP contribution is -2.69. The number of aliphatic hydroxyl groups is 8. The van der Waals surface area contributed by atoms with E-state index in [1.807, 2.05) is 0 Å². The van der Waals surface area contributed by atoms with Crippen LogP contribution in [-0.4, -0.2) is 128 Å². The van der Waals surface area contributed by atoms with Gasteiger partial charge in [0.25, 0.3) is 0 Å². The van der Waals surface area contributed by atoms with Crippen molar-refractivity contribution in [2.45, 2.75) is 112 Å². The summed E-state index contributed by atoms with van der Waals surface area (Å²) in [5.41, 5.74) is 0. The molecule has 0 bridgehead atoms. The summed E-state index contributed by atoms with van der Waals surface area (Å²) in [4.78, 5) is 11.2. The maximum Gasteiger partial charge on any atom is 0.305 e. The van der Waals surface area contributed by atoms with Crippen molar-refractivity contribution in [3.8, 4) is 0 Å². The number of unbranched alkanes of at least 4 members (excludes halogenated alkanes) is 5. The van der Waals surface area contributed by atoms with Gasteiger partial charge < -0.3 is 59.8 Å². The Morgan fingerprint density at radius 1 is 0.771 bits per heavy atom. The molecule has 0 spiro atoms. The number of methoxy groups -OCH3 is 1. The van der Waals surface area contributed by atoms with Gasteiger partial charge in [0.2, 0.25) is 5.79 Å². The first-order valence-electron chi connectivity index (χ1n) is 12.0. The largest absolute Gasteiger partial charge is 0.469 e. The van der Waals surface area contributed by atoms with Crippen molar-refractivity contribution >= 4 is 5.97 Å². The quantitative estimate of drug-likeness (QED) is 0.0930.